The minimum atomic E-state index is -3.98. The van der Waals surface area contributed by atoms with Gasteiger partial charge in [0.25, 0.3) is 15.9 Å². The zero-order chi connectivity index (χ0) is 18.5. The molecule has 26 heavy (non-hydrogen) atoms. The lowest BCUT2D eigenvalue weighted by atomic mass is 10.0. The molecule has 0 spiro atoms. The van der Waals surface area contributed by atoms with E-state index in [4.69, 9.17) is 16.1 Å². The molecule has 0 radical (unpaired) electrons. The summed E-state index contributed by atoms with van der Waals surface area (Å²) in [6.45, 7) is 1.76. The predicted octanol–water partition coefficient (Wildman–Crippen LogP) is 1.22. The number of hydrogen-bond acceptors (Lipinski definition) is 7. The van der Waals surface area contributed by atoms with Crippen molar-refractivity contribution in [3.63, 3.8) is 0 Å². The number of β-amino-alcohol motifs (C(OH)–C–C–N with tert-alkyl or cyclic N) is 1. The molecule has 0 aliphatic carbocycles. The summed E-state index contributed by atoms with van der Waals surface area (Å²) in [6, 6.07) is 5.09. The van der Waals surface area contributed by atoms with Crippen LogP contribution in [0.15, 0.2) is 33.9 Å². The van der Waals surface area contributed by atoms with E-state index in [2.05, 4.69) is 15.1 Å². The van der Waals surface area contributed by atoms with E-state index in [-0.39, 0.29) is 35.6 Å². The van der Waals surface area contributed by atoms with Crippen LogP contribution in [0.5, 0.6) is 0 Å². The van der Waals surface area contributed by atoms with E-state index in [9.17, 15) is 13.5 Å². The molecule has 138 valence electrons. The molecule has 1 aliphatic rings. The Morgan fingerprint density at radius 1 is 1.38 bits per heavy atom. The lowest BCUT2D eigenvalue weighted by Gasteiger charge is -2.19. The van der Waals surface area contributed by atoms with Crippen LogP contribution in [0.4, 0.5) is 0 Å². The molecule has 1 atom stereocenters. The van der Waals surface area contributed by atoms with Gasteiger partial charge < -0.3 is 9.63 Å². The van der Waals surface area contributed by atoms with Crippen LogP contribution >= 0.6 is 11.6 Å². The topological polar surface area (TPSA) is 114 Å². The molecular weight excluding hydrogens is 382 g/mol. The number of sulfonamides is 1. The van der Waals surface area contributed by atoms with Crippen LogP contribution < -0.4 is 0 Å². The van der Waals surface area contributed by atoms with Crippen molar-refractivity contribution in [2.24, 2.45) is 0 Å². The fourth-order valence-electron chi connectivity index (χ4n) is 3.02. The zero-order valence-electron chi connectivity index (χ0n) is 13.8. The molecule has 0 aromatic carbocycles. The van der Waals surface area contributed by atoms with Crippen LogP contribution in [-0.4, -0.2) is 50.4 Å². The molecule has 1 aliphatic heterocycles. The average molecular weight is 398 g/mol. The van der Waals surface area contributed by atoms with E-state index in [0.29, 0.717) is 17.9 Å². The number of halogens is 1. The number of rotatable bonds is 4. The monoisotopic (exact) mass is 397 g/mol. The molecule has 3 aromatic heterocycles. The maximum absolute atomic E-state index is 13.1. The Bertz CT molecular complexity index is 1080. The summed E-state index contributed by atoms with van der Waals surface area (Å²) in [4.78, 5) is 8.22. The van der Waals surface area contributed by atoms with E-state index >= 15 is 0 Å². The Hall–Kier alpha value is -2.01. The Morgan fingerprint density at radius 2 is 2.19 bits per heavy atom. The third-order valence-corrected chi connectivity index (χ3v) is 6.67. The number of aryl methyl sites for hydroxylation is 1. The second-order valence-corrected chi connectivity index (χ2v) is 8.34. The van der Waals surface area contributed by atoms with Crippen molar-refractivity contribution in [1.29, 1.82) is 0 Å². The molecule has 0 amide bonds. The van der Waals surface area contributed by atoms with Crippen LogP contribution in [0.2, 0.25) is 5.15 Å². The normalized spacial score (nSPS) is 21.7. The number of fused-ring (bicyclic) bond motifs is 1. The number of aliphatic hydroxyl groups is 1. The van der Waals surface area contributed by atoms with Gasteiger partial charge in [-0.3, -0.25) is 4.40 Å². The van der Waals surface area contributed by atoms with Crippen LogP contribution in [0.3, 0.4) is 0 Å². The van der Waals surface area contributed by atoms with Crippen molar-refractivity contribution in [2.75, 3.05) is 13.1 Å². The quantitative estimate of drug-likeness (QED) is 0.703. The highest BCUT2D eigenvalue weighted by atomic mass is 35.5. The summed E-state index contributed by atoms with van der Waals surface area (Å²) < 4.78 is 33.9. The van der Waals surface area contributed by atoms with Crippen LogP contribution in [-0.2, 0) is 22.0 Å². The smallest absolute Gasteiger partial charge is 0.262 e. The van der Waals surface area contributed by atoms with E-state index in [1.165, 1.54) is 4.40 Å². The lowest BCUT2D eigenvalue weighted by molar-refractivity contribution is 0.0194. The molecular formula is C15H16ClN5O4S. The van der Waals surface area contributed by atoms with Gasteiger partial charge >= 0.3 is 0 Å². The number of hydrogen-bond donors (Lipinski definition) is 1. The largest absolute Gasteiger partial charge is 0.379 e. The van der Waals surface area contributed by atoms with Crippen LogP contribution in [0.1, 0.15) is 25.1 Å². The Morgan fingerprint density at radius 3 is 2.92 bits per heavy atom. The summed E-state index contributed by atoms with van der Waals surface area (Å²) in [6.07, 6.45) is 2.28. The highest BCUT2D eigenvalue weighted by Crippen LogP contribution is 2.35. The molecule has 11 heteroatoms. The second kappa shape index (κ2) is 6.02. The lowest BCUT2D eigenvalue weighted by Crippen LogP contribution is -2.35. The maximum Gasteiger partial charge on any atom is 0.262 e. The maximum atomic E-state index is 13.1. The Balaban J connectivity index is 1.70. The fraction of sp³-hybridized carbons (Fsp3) is 0.400. The van der Waals surface area contributed by atoms with Gasteiger partial charge in [-0.05, 0) is 12.1 Å². The van der Waals surface area contributed by atoms with Gasteiger partial charge in [0.05, 0.1) is 6.54 Å². The fourth-order valence-corrected chi connectivity index (χ4v) is 5.11. The third kappa shape index (κ3) is 2.60. The first-order chi connectivity index (χ1) is 12.3. The van der Waals surface area contributed by atoms with E-state index in [0.717, 1.165) is 4.31 Å². The average Bonchev–Trinajstić information content (AvgIpc) is 3.30. The molecule has 1 saturated heterocycles. The van der Waals surface area contributed by atoms with Gasteiger partial charge in [0.2, 0.25) is 0 Å². The summed E-state index contributed by atoms with van der Waals surface area (Å²) in [7, 11) is -3.98. The van der Waals surface area contributed by atoms with Gasteiger partial charge in [0.1, 0.15) is 5.65 Å². The van der Waals surface area contributed by atoms with Crippen LogP contribution in [0, 0.1) is 0 Å². The highest BCUT2D eigenvalue weighted by molar-refractivity contribution is 7.89. The molecule has 0 bridgehead atoms. The Labute approximate surface area is 154 Å². The van der Waals surface area contributed by atoms with Crippen LogP contribution in [0.25, 0.3) is 5.65 Å². The first kappa shape index (κ1) is 17.4. The van der Waals surface area contributed by atoms with Crippen molar-refractivity contribution < 1.29 is 18.0 Å². The first-order valence-corrected chi connectivity index (χ1v) is 9.85. The van der Waals surface area contributed by atoms with E-state index in [1.807, 2.05) is 6.92 Å². The molecule has 0 saturated carbocycles. The predicted molar refractivity (Wildman–Crippen MR) is 91.2 cm³/mol. The van der Waals surface area contributed by atoms with Gasteiger partial charge in [-0.15, -0.1) is 0 Å². The highest BCUT2D eigenvalue weighted by Gasteiger charge is 2.47. The minimum Gasteiger partial charge on any atom is -0.379 e. The van der Waals surface area contributed by atoms with Gasteiger partial charge in [-0.2, -0.15) is 9.29 Å². The summed E-state index contributed by atoms with van der Waals surface area (Å²) in [5, 5.41) is 14.4. The van der Waals surface area contributed by atoms with Gasteiger partial charge in [0, 0.05) is 25.6 Å². The molecule has 1 N–H and O–H groups in total. The summed E-state index contributed by atoms with van der Waals surface area (Å²) >= 11 is 6.10. The number of pyridine rings is 1. The van der Waals surface area contributed by atoms with Gasteiger partial charge in [0.15, 0.2) is 21.6 Å². The first-order valence-electron chi connectivity index (χ1n) is 8.03. The molecule has 0 unspecified atom stereocenters. The van der Waals surface area contributed by atoms with Crippen molar-refractivity contribution in [2.45, 2.75) is 30.4 Å². The van der Waals surface area contributed by atoms with Crippen molar-refractivity contribution in [3.8, 4) is 0 Å². The molecule has 9 nitrogen and oxygen atoms in total. The summed E-state index contributed by atoms with van der Waals surface area (Å²) in [5.74, 6) is 0.482. The van der Waals surface area contributed by atoms with Crippen molar-refractivity contribution >= 4 is 27.3 Å². The molecule has 4 heterocycles. The SMILES string of the molecule is CCc1noc([C@@]2(O)CCN(S(=O)(=O)c3c(Cl)nc4ccccn34)C2)n1. The molecule has 4 rings (SSSR count). The van der Waals surface area contributed by atoms with E-state index < -0.39 is 15.6 Å². The summed E-state index contributed by atoms with van der Waals surface area (Å²) in [5.41, 5.74) is -1.10. The number of aromatic nitrogens is 4. The minimum absolute atomic E-state index is 0.0243. The molecule has 1 fully saturated rings. The third-order valence-electron chi connectivity index (χ3n) is 4.43. The second-order valence-electron chi connectivity index (χ2n) is 6.13. The van der Waals surface area contributed by atoms with Crippen molar-refractivity contribution in [3.05, 3.63) is 41.3 Å². The van der Waals surface area contributed by atoms with Gasteiger partial charge in [-0.25, -0.2) is 13.4 Å². The molecule has 3 aromatic rings. The standard InChI is InChI=1S/C15H16ClN5O4S/c1-2-10-17-14(25-19-10)15(22)6-8-20(9-15)26(23,24)13-12(16)18-11-5-3-4-7-21(11)13/h3-5,7,22H,2,6,8-9H2,1H3/t15-/m1/s1. The van der Waals surface area contributed by atoms with Gasteiger partial charge in [-0.1, -0.05) is 29.7 Å². The Kier molecular flexibility index (Phi) is 4.03. The van der Waals surface area contributed by atoms with E-state index in [1.54, 1.807) is 24.4 Å². The van der Waals surface area contributed by atoms with Crippen molar-refractivity contribution in [1.82, 2.24) is 23.8 Å². The zero-order valence-corrected chi connectivity index (χ0v) is 15.4. The number of nitrogens with zero attached hydrogens (tertiary/aromatic N) is 5. The number of imidazole rings is 1.